The fraction of sp³-hybridized carbons (Fsp3) is 0.793. The third kappa shape index (κ3) is 5.07. The first kappa shape index (κ1) is 28.2. The molecule has 194 valence electrons. The lowest BCUT2D eigenvalue weighted by Gasteiger charge is -2.55. The summed E-state index contributed by atoms with van der Waals surface area (Å²) in [5.74, 6) is 1.19. The third-order valence-corrected chi connectivity index (χ3v) is 16.7. The van der Waals surface area contributed by atoms with Gasteiger partial charge in [0.25, 0.3) is 0 Å². The highest BCUT2D eigenvalue weighted by molar-refractivity contribution is 8.01. The summed E-state index contributed by atoms with van der Waals surface area (Å²) in [5, 5.41) is 12.7. The molecule has 0 radical (unpaired) electrons. The molecule has 34 heavy (non-hydrogen) atoms. The maximum Gasteiger partial charge on any atom is 0.200 e. The van der Waals surface area contributed by atoms with Gasteiger partial charge in [0, 0.05) is 4.75 Å². The average Bonchev–Trinajstić information content (AvgIpc) is 2.75. The second-order valence-electron chi connectivity index (χ2n) is 12.5. The first-order chi connectivity index (χ1) is 15.8. The van der Waals surface area contributed by atoms with Crippen molar-refractivity contribution in [2.45, 2.75) is 133 Å². The van der Waals surface area contributed by atoms with Gasteiger partial charge in [0.1, 0.15) is 11.0 Å². The van der Waals surface area contributed by atoms with E-state index < -0.39 is 13.9 Å². The number of fused-ring (bicyclic) bond motifs is 1. The van der Waals surface area contributed by atoms with Crippen LogP contribution in [0.4, 0.5) is 0 Å². The highest BCUT2D eigenvalue weighted by Gasteiger charge is 2.57. The molecule has 1 aliphatic heterocycles. The van der Waals surface area contributed by atoms with Crippen molar-refractivity contribution in [3.63, 3.8) is 0 Å². The van der Waals surface area contributed by atoms with Crippen molar-refractivity contribution < 1.29 is 14.3 Å². The van der Waals surface area contributed by atoms with Crippen LogP contribution in [0, 0.1) is 11.8 Å². The zero-order valence-corrected chi connectivity index (χ0v) is 25.1. The molecule has 1 saturated carbocycles. The van der Waals surface area contributed by atoms with Crippen molar-refractivity contribution in [3.8, 4) is 0 Å². The van der Waals surface area contributed by atoms with Crippen LogP contribution in [0.5, 0.6) is 0 Å². The van der Waals surface area contributed by atoms with E-state index in [2.05, 4.69) is 81.4 Å². The van der Waals surface area contributed by atoms with Gasteiger partial charge in [0.15, 0.2) is 0 Å². The van der Waals surface area contributed by atoms with E-state index in [1.54, 1.807) is 0 Å². The molecule has 2 aliphatic rings. The van der Waals surface area contributed by atoms with Gasteiger partial charge in [-0.1, -0.05) is 99.1 Å². The summed E-state index contributed by atoms with van der Waals surface area (Å²) in [6.07, 6.45) is 3.37. The first-order valence-corrected chi connectivity index (χ1v) is 16.6. The molecule has 3 nitrogen and oxygen atoms in total. The van der Waals surface area contributed by atoms with Gasteiger partial charge in [-0.05, 0) is 53.8 Å². The predicted molar refractivity (Wildman–Crippen MR) is 149 cm³/mol. The highest BCUT2D eigenvalue weighted by Crippen LogP contribution is 2.55. The molecule has 1 saturated heterocycles. The van der Waals surface area contributed by atoms with Crippen LogP contribution in [-0.4, -0.2) is 35.8 Å². The van der Waals surface area contributed by atoms with Gasteiger partial charge < -0.3 is 14.3 Å². The summed E-state index contributed by atoms with van der Waals surface area (Å²) in [7, 11) is -2.20. The van der Waals surface area contributed by atoms with Crippen LogP contribution >= 0.6 is 11.8 Å². The lowest BCUT2D eigenvalue weighted by Crippen LogP contribution is -2.60. The quantitative estimate of drug-likeness (QED) is 0.361. The van der Waals surface area contributed by atoms with Crippen LogP contribution in [0.1, 0.15) is 94.1 Å². The smallest absolute Gasteiger partial charge is 0.200 e. The second-order valence-corrected chi connectivity index (χ2v) is 19.6. The van der Waals surface area contributed by atoms with E-state index in [0.29, 0.717) is 28.5 Å². The van der Waals surface area contributed by atoms with E-state index in [1.807, 2.05) is 30.0 Å². The molecule has 6 atom stereocenters. The summed E-state index contributed by atoms with van der Waals surface area (Å²) in [6, 6.07) is 10.2. The van der Waals surface area contributed by atoms with Gasteiger partial charge in [-0.15, -0.1) is 11.8 Å². The van der Waals surface area contributed by atoms with Crippen LogP contribution in [0.3, 0.4) is 0 Å². The van der Waals surface area contributed by atoms with Crippen LogP contribution in [0.25, 0.3) is 0 Å². The molecule has 0 amide bonds. The number of hydrogen-bond acceptors (Lipinski definition) is 4. The van der Waals surface area contributed by atoms with E-state index in [0.717, 1.165) is 12.0 Å². The maximum absolute atomic E-state index is 12.7. The van der Waals surface area contributed by atoms with Crippen molar-refractivity contribution >= 4 is 20.1 Å². The number of aliphatic hydroxyl groups is 1. The number of ether oxygens (including phenoxy) is 1. The summed E-state index contributed by atoms with van der Waals surface area (Å²) in [5.41, 5.74) is 0.660. The molecule has 1 aromatic rings. The van der Waals surface area contributed by atoms with Crippen LogP contribution in [-0.2, 0) is 14.8 Å². The lowest BCUT2D eigenvalue weighted by atomic mass is 9.74. The fourth-order valence-electron chi connectivity index (χ4n) is 7.09. The zero-order chi connectivity index (χ0) is 25.5. The number of rotatable bonds is 8. The predicted octanol–water partition coefficient (Wildman–Crippen LogP) is 8.13. The molecule has 5 heteroatoms. The summed E-state index contributed by atoms with van der Waals surface area (Å²) >= 11 is 1.82. The zero-order valence-electron chi connectivity index (χ0n) is 23.3. The van der Waals surface area contributed by atoms with Crippen molar-refractivity contribution in [1.82, 2.24) is 0 Å². The van der Waals surface area contributed by atoms with Gasteiger partial charge in [-0.25, -0.2) is 0 Å². The van der Waals surface area contributed by atoms with Crippen molar-refractivity contribution in [3.05, 3.63) is 35.9 Å². The number of hydrogen-bond donors (Lipinski definition) is 1. The Labute approximate surface area is 214 Å². The SMILES string of the molecule is CC(C)[Si](O[C@H](C)[C@@](O)(c1ccccc1)[C@@H]1O[C@@H]2C[C@H](C)CC[C@H]2C(C)(C)S1)(C(C)C)C(C)C. The molecule has 0 unspecified atom stereocenters. The van der Waals surface area contributed by atoms with Crippen molar-refractivity contribution in [2.24, 2.45) is 11.8 Å². The molecular formula is C29H50O3SSi. The monoisotopic (exact) mass is 506 g/mol. The molecular weight excluding hydrogens is 456 g/mol. The Bertz CT molecular complexity index is 774. The molecule has 1 heterocycles. The van der Waals surface area contributed by atoms with Gasteiger partial charge in [-0.2, -0.15) is 0 Å². The highest BCUT2D eigenvalue weighted by atomic mass is 32.2. The Morgan fingerprint density at radius 2 is 1.56 bits per heavy atom. The van der Waals surface area contributed by atoms with E-state index in [9.17, 15) is 5.11 Å². The summed E-state index contributed by atoms with van der Waals surface area (Å²) in [6.45, 7) is 23.0. The second kappa shape index (κ2) is 10.6. The Kier molecular flexibility index (Phi) is 8.78. The lowest BCUT2D eigenvalue weighted by molar-refractivity contribution is -0.170. The van der Waals surface area contributed by atoms with Gasteiger partial charge in [-0.3, -0.25) is 0 Å². The Morgan fingerprint density at radius 1 is 1.00 bits per heavy atom. The standard InChI is InChI=1S/C29H50O3SSi/c1-19(2)34(20(3)4,21(5)6)32-23(8)29(30,24-14-12-11-13-15-24)27-31-26-18-22(7)16-17-25(26)28(9,10)33-27/h11-15,19-23,25-27,30H,16-18H2,1-10H3/t22-,23-,25-,26-,27-,29-/m1/s1. The normalized spacial score (nSPS) is 30.3. The largest absolute Gasteiger partial charge is 0.410 e. The van der Waals surface area contributed by atoms with E-state index >= 15 is 0 Å². The van der Waals surface area contributed by atoms with E-state index in [1.165, 1.54) is 12.8 Å². The summed E-state index contributed by atoms with van der Waals surface area (Å²) in [4.78, 5) is 0. The third-order valence-electron chi connectivity index (χ3n) is 8.96. The first-order valence-electron chi connectivity index (χ1n) is 13.6. The Morgan fingerprint density at radius 3 is 2.09 bits per heavy atom. The van der Waals surface area contributed by atoms with Crippen molar-refractivity contribution in [1.29, 1.82) is 0 Å². The molecule has 1 N–H and O–H groups in total. The average molecular weight is 507 g/mol. The van der Waals surface area contributed by atoms with E-state index in [4.69, 9.17) is 9.16 Å². The van der Waals surface area contributed by atoms with E-state index in [-0.39, 0.29) is 22.4 Å². The van der Waals surface area contributed by atoms with Gasteiger partial charge >= 0.3 is 0 Å². The minimum absolute atomic E-state index is 0.0405. The Balaban J connectivity index is 2.05. The molecule has 0 bridgehead atoms. The van der Waals surface area contributed by atoms with Crippen molar-refractivity contribution in [2.75, 3.05) is 0 Å². The fourth-order valence-corrected chi connectivity index (χ4v) is 14.4. The summed E-state index contributed by atoms with van der Waals surface area (Å²) < 4.78 is 14.1. The van der Waals surface area contributed by atoms with Crippen LogP contribution in [0.15, 0.2) is 30.3 Å². The number of thioether (sulfide) groups is 1. The van der Waals surface area contributed by atoms with Crippen LogP contribution in [0.2, 0.25) is 16.6 Å². The van der Waals surface area contributed by atoms with Gasteiger partial charge in [0.05, 0.1) is 12.2 Å². The maximum atomic E-state index is 12.7. The Hall–Kier alpha value is -0.333. The van der Waals surface area contributed by atoms with Crippen LogP contribution < -0.4 is 0 Å². The molecule has 0 spiro atoms. The van der Waals surface area contributed by atoms with Gasteiger partial charge in [0.2, 0.25) is 8.32 Å². The molecule has 3 rings (SSSR count). The molecule has 1 aromatic carbocycles. The molecule has 1 aliphatic carbocycles. The minimum Gasteiger partial charge on any atom is -0.410 e. The number of benzene rings is 1. The molecule has 0 aromatic heterocycles. The topological polar surface area (TPSA) is 38.7 Å². The minimum atomic E-state index is -2.20. The molecule has 2 fully saturated rings.